The molecule has 6 aromatic rings. The molecule has 0 N–H and O–H groups in total. The number of nitrogens with zero attached hydrogens (tertiary/aromatic N) is 10. The first-order valence-electron chi connectivity index (χ1n) is 11.1. The molecule has 0 amide bonds. The minimum absolute atomic E-state index is 0.137. The van der Waals surface area contributed by atoms with E-state index in [1.165, 1.54) is 0 Å². The third kappa shape index (κ3) is 3.31. The Morgan fingerprint density at radius 3 is 1.18 bits per heavy atom. The number of nitriles is 2. The second-order valence-corrected chi connectivity index (χ2v) is 7.98. The van der Waals surface area contributed by atoms with Crippen molar-refractivity contribution in [1.82, 2.24) is 29.9 Å². The van der Waals surface area contributed by atoms with Crippen LogP contribution in [0, 0.1) is 35.8 Å². The van der Waals surface area contributed by atoms with Crippen molar-refractivity contribution in [3.05, 3.63) is 94.9 Å². The van der Waals surface area contributed by atoms with E-state index in [-0.39, 0.29) is 56.1 Å². The standard InChI is InChI=1S/C28H10N10/c1-31-27-28(32-2)38-26-24-23(21-22(25(26)37-27)34-18(14-30)17(13-29)33-21)35-19(15-9-5-3-6-10-15)20(36-24)16-11-7-4-8-12-16/h3-12H. The van der Waals surface area contributed by atoms with E-state index in [0.717, 1.165) is 11.1 Å². The maximum atomic E-state index is 9.63. The van der Waals surface area contributed by atoms with Crippen molar-refractivity contribution >= 4 is 44.7 Å². The van der Waals surface area contributed by atoms with Crippen LogP contribution < -0.4 is 0 Å². The van der Waals surface area contributed by atoms with Crippen molar-refractivity contribution in [2.45, 2.75) is 0 Å². The number of rotatable bonds is 2. The summed E-state index contributed by atoms with van der Waals surface area (Å²) in [4.78, 5) is 34.2. The zero-order chi connectivity index (χ0) is 26.2. The molecule has 6 rings (SSSR count). The van der Waals surface area contributed by atoms with Gasteiger partial charge in [0.2, 0.25) is 11.0 Å². The second-order valence-electron chi connectivity index (χ2n) is 7.98. The first-order valence-corrected chi connectivity index (χ1v) is 11.1. The second kappa shape index (κ2) is 8.70. The highest BCUT2D eigenvalue weighted by atomic mass is 15.0. The van der Waals surface area contributed by atoms with Crippen LogP contribution in [0.1, 0.15) is 11.4 Å². The monoisotopic (exact) mass is 486 g/mol. The zero-order valence-electron chi connectivity index (χ0n) is 19.2. The Balaban J connectivity index is 1.89. The summed E-state index contributed by atoms with van der Waals surface area (Å²) in [5.41, 5.74) is 3.57. The molecule has 0 radical (unpaired) electrons. The van der Waals surface area contributed by atoms with Crippen LogP contribution in [-0.2, 0) is 0 Å². The van der Waals surface area contributed by atoms with Gasteiger partial charge in [0.25, 0.3) is 11.6 Å². The molecule has 0 saturated carbocycles. The van der Waals surface area contributed by atoms with Crippen molar-refractivity contribution in [3.63, 3.8) is 0 Å². The van der Waals surface area contributed by atoms with E-state index < -0.39 is 0 Å². The lowest BCUT2D eigenvalue weighted by atomic mass is 10.0. The van der Waals surface area contributed by atoms with Crippen LogP contribution in [0.2, 0.25) is 0 Å². The lowest BCUT2D eigenvalue weighted by Crippen LogP contribution is -2.03. The quantitative estimate of drug-likeness (QED) is 0.225. The molecule has 0 aliphatic rings. The van der Waals surface area contributed by atoms with E-state index in [4.69, 9.17) is 23.1 Å². The summed E-state index contributed by atoms with van der Waals surface area (Å²) >= 11 is 0. The fraction of sp³-hybridized carbons (Fsp3) is 0. The third-order valence-corrected chi connectivity index (χ3v) is 5.84. The Hall–Kier alpha value is -6.36. The Morgan fingerprint density at radius 1 is 0.500 bits per heavy atom. The summed E-state index contributed by atoms with van der Waals surface area (Å²) in [7, 11) is 0. The number of fused-ring (bicyclic) bond motifs is 6. The number of benzene rings is 3. The summed E-state index contributed by atoms with van der Waals surface area (Å²) in [6, 6.07) is 22.8. The number of hydrogen-bond donors (Lipinski definition) is 0. The maximum absolute atomic E-state index is 9.63. The zero-order valence-corrected chi connectivity index (χ0v) is 19.2. The third-order valence-electron chi connectivity index (χ3n) is 5.84. The fourth-order valence-electron chi connectivity index (χ4n) is 4.18. The molecule has 10 nitrogen and oxygen atoms in total. The Kier molecular flexibility index (Phi) is 5.06. The highest BCUT2D eigenvalue weighted by Crippen LogP contribution is 2.38. The van der Waals surface area contributed by atoms with Crippen LogP contribution in [0.3, 0.4) is 0 Å². The van der Waals surface area contributed by atoms with Gasteiger partial charge < -0.3 is 9.69 Å². The molecule has 10 heteroatoms. The molecule has 0 aliphatic carbocycles. The van der Waals surface area contributed by atoms with Gasteiger partial charge in [-0.05, 0) is 0 Å². The van der Waals surface area contributed by atoms with Gasteiger partial charge in [-0.2, -0.15) is 10.5 Å². The highest BCUT2D eigenvalue weighted by molar-refractivity contribution is 6.19. The molecule has 0 unspecified atom stereocenters. The molecule has 38 heavy (non-hydrogen) atoms. The van der Waals surface area contributed by atoms with Crippen LogP contribution in [0.4, 0.5) is 11.6 Å². The fourth-order valence-corrected chi connectivity index (χ4v) is 4.18. The smallest absolute Gasteiger partial charge is 0.294 e. The normalized spacial score (nSPS) is 10.5. The Bertz CT molecular complexity index is 1960. The van der Waals surface area contributed by atoms with Gasteiger partial charge in [0.15, 0.2) is 11.4 Å². The molecule has 0 saturated heterocycles. The Labute approximate surface area is 214 Å². The molecule has 0 aliphatic heterocycles. The summed E-state index contributed by atoms with van der Waals surface area (Å²) in [5, 5.41) is 19.2. The molecule has 3 heterocycles. The van der Waals surface area contributed by atoms with Gasteiger partial charge in [-0.25, -0.2) is 19.9 Å². The van der Waals surface area contributed by atoms with Crippen molar-refractivity contribution < 1.29 is 0 Å². The van der Waals surface area contributed by atoms with Gasteiger partial charge in [0, 0.05) is 11.1 Å². The van der Waals surface area contributed by atoms with Gasteiger partial charge in [-0.15, -0.1) is 9.97 Å². The van der Waals surface area contributed by atoms with Crippen LogP contribution >= 0.6 is 0 Å². The lowest BCUT2D eigenvalue weighted by molar-refractivity contribution is 1.19. The van der Waals surface area contributed by atoms with E-state index in [1.807, 2.05) is 72.8 Å². The van der Waals surface area contributed by atoms with Crippen LogP contribution in [0.25, 0.3) is 65.3 Å². The highest BCUT2D eigenvalue weighted by Gasteiger charge is 2.27. The summed E-state index contributed by atoms with van der Waals surface area (Å²) in [6.45, 7) is 15.0. The molecule has 0 spiro atoms. The van der Waals surface area contributed by atoms with E-state index >= 15 is 0 Å². The molecule has 172 valence electrons. The summed E-state index contributed by atoms with van der Waals surface area (Å²) < 4.78 is 0. The minimum atomic E-state index is -0.213. The summed E-state index contributed by atoms with van der Waals surface area (Å²) in [6.07, 6.45) is 0. The van der Waals surface area contributed by atoms with Crippen molar-refractivity contribution in [3.8, 4) is 34.7 Å². The maximum Gasteiger partial charge on any atom is 0.294 e. The van der Waals surface area contributed by atoms with E-state index in [1.54, 1.807) is 0 Å². The van der Waals surface area contributed by atoms with Crippen molar-refractivity contribution in [1.29, 1.82) is 10.5 Å². The molecular weight excluding hydrogens is 476 g/mol. The molecule has 0 fully saturated rings. The topological polar surface area (TPSA) is 134 Å². The predicted octanol–water partition coefficient (Wildman–Crippen LogP) is 5.70. The van der Waals surface area contributed by atoms with Gasteiger partial charge in [0.1, 0.15) is 34.2 Å². The molecule has 3 aromatic heterocycles. The average molecular weight is 486 g/mol. The lowest BCUT2D eigenvalue weighted by Gasteiger charge is -2.12. The Morgan fingerprint density at radius 2 is 0.842 bits per heavy atom. The van der Waals surface area contributed by atoms with Gasteiger partial charge in [-0.1, -0.05) is 73.8 Å². The molecule has 0 bridgehead atoms. The van der Waals surface area contributed by atoms with Gasteiger partial charge in [0.05, 0.1) is 11.4 Å². The van der Waals surface area contributed by atoms with E-state index in [2.05, 4.69) is 29.6 Å². The van der Waals surface area contributed by atoms with Gasteiger partial charge >= 0.3 is 0 Å². The molecule has 3 aromatic carbocycles. The van der Waals surface area contributed by atoms with Crippen molar-refractivity contribution in [2.75, 3.05) is 0 Å². The first kappa shape index (κ1) is 22.1. The molecule has 0 atom stereocenters. The van der Waals surface area contributed by atoms with Crippen LogP contribution in [0.5, 0.6) is 0 Å². The average Bonchev–Trinajstić information content (AvgIpc) is 2.99. The van der Waals surface area contributed by atoms with E-state index in [0.29, 0.717) is 11.4 Å². The van der Waals surface area contributed by atoms with Gasteiger partial charge in [-0.3, -0.25) is 0 Å². The number of aromatic nitrogens is 6. The van der Waals surface area contributed by atoms with Crippen LogP contribution in [0.15, 0.2) is 60.7 Å². The number of hydrogen-bond acceptors (Lipinski definition) is 8. The minimum Gasteiger partial charge on any atom is -0.370 e. The first-order chi connectivity index (χ1) is 18.7. The van der Waals surface area contributed by atoms with Crippen LogP contribution in [-0.4, -0.2) is 29.9 Å². The largest absolute Gasteiger partial charge is 0.370 e. The summed E-state index contributed by atoms with van der Waals surface area (Å²) in [5.74, 6) is -0.402. The van der Waals surface area contributed by atoms with Crippen molar-refractivity contribution in [2.24, 2.45) is 0 Å². The SMILES string of the molecule is [C-]#[N+]c1nc2c3nc(C#N)c(C#N)nc3c3nc(-c4ccccc4)c(-c4ccccc4)nc3c2nc1[N+]#[C-]. The van der Waals surface area contributed by atoms with E-state index in [9.17, 15) is 10.5 Å². The predicted molar refractivity (Wildman–Crippen MR) is 139 cm³/mol. The molecular formula is C28H10N10.